The summed E-state index contributed by atoms with van der Waals surface area (Å²) in [5, 5.41) is 0. The predicted molar refractivity (Wildman–Crippen MR) is 51.5 cm³/mol. The number of benzene rings is 1. The van der Waals surface area contributed by atoms with Crippen molar-refractivity contribution in [1.29, 1.82) is 0 Å². The van der Waals surface area contributed by atoms with Crippen LogP contribution in [0, 0.1) is 5.82 Å². The van der Waals surface area contributed by atoms with Crippen LogP contribution in [0.5, 0.6) is 0 Å². The maximum absolute atomic E-state index is 12.6. The van der Waals surface area contributed by atoms with Crippen molar-refractivity contribution in [2.45, 2.75) is 24.8 Å². The SMILES string of the molecule is NC1(C(=O)c2ccc(F)cc2)CCC1. The lowest BCUT2D eigenvalue weighted by Gasteiger charge is -2.36. The zero-order valence-electron chi connectivity index (χ0n) is 7.79. The first-order valence-corrected chi connectivity index (χ1v) is 4.71. The zero-order chi connectivity index (χ0) is 10.2. The van der Waals surface area contributed by atoms with E-state index in [4.69, 9.17) is 5.73 Å². The quantitative estimate of drug-likeness (QED) is 0.729. The van der Waals surface area contributed by atoms with Gasteiger partial charge in [0, 0.05) is 5.56 Å². The number of Topliss-reactive ketones (excluding diaryl/α,β-unsaturated/α-hetero) is 1. The molecule has 0 aromatic heterocycles. The highest BCUT2D eigenvalue weighted by molar-refractivity contribution is 6.03. The Kier molecular flexibility index (Phi) is 2.11. The summed E-state index contributed by atoms with van der Waals surface area (Å²) in [5.41, 5.74) is 5.70. The van der Waals surface area contributed by atoms with Crippen molar-refractivity contribution < 1.29 is 9.18 Å². The van der Waals surface area contributed by atoms with Crippen LogP contribution >= 0.6 is 0 Å². The van der Waals surface area contributed by atoms with Crippen LogP contribution in [0.15, 0.2) is 24.3 Å². The van der Waals surface area contributed by atoms with Crippen LogP contribution in [0.2, 0.25) is 0 Å². The first-order valence-electron chi connectivity index (χ1n) is 4.71. The molecule has 0 saturated heterocycles. The first kappa shape index (κ1) is 9.34. The van der Waals surface area contributed by atoms with E-state index in [0.717, 1.165) is 19.3 Å². The summed E-state index contributed by atoms with van der Waals surface area (Å²) in [6.45, 7) is 0. The highest BCUT2D eigenvalue weighted by atomic mass is 19.1. The standard InChI is InChI=1S/C11H12FNO/c12-9-4-2-8(3-5-9)10(14)11(13)6-1-7-11/h2-5H,1,6-7,13H2. The summed E-state index contributed by atoms with van der Waals surface area (Å²) >= 11 is 0. The zero-order valence-corrected chi connectivity index (χ0v) is 7.79. The fraction of sp³-hybridized carbons (Fsp3) is 0.364. The van der Waals surface area contributed by atoms with E-state index >= 15 is 0 Å². The van der Waals surface area contributed by atoms with E-state index in [-0.39, 0.29) is 11.6 Å². The fourth-order valence-electron chi connectivity index (χ4n) is 1.67. The van der Waals surface area contributed by atoms with Crippen molar-refractivity contribution in [3.05, 3.63) is 35.6 Å². The third-order valence-corrected chi connectivity index (χ3v) is 2.80. The van der Waals surface area contributed by atoms with E-state index in [1.807, 2.05) is 0 Å². The second-order valence-corrected chi connectivity index (χ2v) is 3.85. The molecule has 0 bridgehead atoms. The molecular formula is C11H12FNO. The Bertz CT molecular complexity index is 354. The maximum atomic E-state index is 12.6. The molecule has 0 unspecified atom stereocenters. The normalized spacial score (nSPS) is 18.7. The van der Waals surface area contributed by atoms with Gasteiger partial charge in [-0.2, -0.15) is 0 Å². The van der Waals surface area contributed by atoms with Gasteiger partial charge in [0.15, 0.2) is 5.78 Å². The van der Waals surface area contributed by atoms with Crippen molar-refractivity contribution in [3.63, 3.8) is 0 Å². The number of nitrogens with two attached hydrogens (primary N) is 1. The van der Waals surface area contributed by atoms with Crippen molar-refractivity contribution in [2.24, 2.45) is 5.73 Å². The molecule has 2 N–H and O–H groups in total. The highest BCUT2D eigenvalue weighted by Gasteiger charge is 2.40. The van der Waals surface area contributed by atoms with Crippen LogP contribution in [0.3, 0.4) is 0 Å². The van der Waals surface area contributed by atoms with E-state index in [0.29, 0.717) is 5.56 Å². The average molecular weight is 193 g/mol. The third kappa shape index (κ3) is 1.44. The Morgan fingerprint density at radius 1 is 1.29 bits per heavy atom. The van der Waals surface area contributed by atoms with Crippen LogP contribution in [0.4, 0.5) is 4.39 Å². The summed E-state index contributed by atoms with van der Waals surface area (Å²) in [7, 11) is 0. The lowest BCUT2D eigenvalue weighted by Crippen LogP contribution is -2.53. The molecule has 1 aliphatic carbocycles. The van der Waals surface area contributed by atoms with Gasteiger partial charge in [-0.25, -0.2) is 4.39 Å². The first-order chi connectivity index (χ1) is 6.62. The van der Waals surface area contributed by atoms with Gasteiger partial charge in [0.2, 0.25) is 0 Å². The van der Waals surface area contributed by atoms with Crippen molar-refractivity contribution in [3.8, 4) is 0 Å². The number of hydrogen-bond donors (Lipinski definition) is 1. The summed E-state index contributed by atoms with van der Waals surface area (Å²) in [5.74, 6) is -0.398. The minimum atomic E-state index is -0.683. The van der Waals surface area contributed by atoms with E-state index in [1.54, 1.807) is 0 Å². The lowest BCUT2D eigenvalue weighted by atomic mass is 9.73. The molecule has 0 amide bonds. The number of carbonyl (C=O) groups excluding carboxylic acids is 1. The van der Waals surface area contributed by atoms with E-state index in [2.05, 4.69) is 0 Å². The second-order valence-electron chi connectivity index (χ2n) is 3.85. The molecule has 0 spiro atoms. The monoisotopic (exact) mass is 193 g/mol. The smallest absolute Gasteiger partial charge is 0.182 e. The van der Waals surface area contributed by atoms with Gasteiger partial charge in [-0.15, -0.1) is 0 Å². The molecule has 1 fully saturated rings. The number of halogens is 1. The van der Waals surface area contributed by atoms with Crippen molar-refractivity contribution in [2.75, 3.05) is 0 Å². The van der Waals surface area contributed by atoms with Crippen molar-refractivity contribution in [1.82, 2.24) is 0 Å². The molecule has 0 atom stereocenters. The molecular weight excluding hydrogens is 181 g/mol. The molecule has 14 heavy (non-hydrogen) atoms. The topological polar surface area (TPSA) is 43.1 Å². The van der Waals surface area contributed by atoms with E-state index < -0.39 is 5.54 Å². The summed E-state index contributed by atoms with van der Waals surface area (Å²) in [4.78, 5) is 11.8. The molecule has 2 nitrogen and oxygen atoms in total. The Morgan fingerprint density at radius 2 is 1.86 bits per heavy atom. The Labute approximate surface area is 81.9 Å². The molecule has 3 heteroatoms. The molecule has 0 aliphatic heterocycles. The number of rotatable bonds is 2. The Morgan fingerprint density at radius 3 is 2.29 bits per heavy atom. The Balaban J connectivity index is 2.23. The maximum Gasteiger partial charge on any atom is 0.182 e. The number of ketones is 1. The average Bonchev–Trinajstić information content (AvgIpc) is 2.14. The molecule has 1 saturated carbocycles. The third-order valence-electron chi connectivity index (χ3n) is 2.80. The van der Waals surface area contributed by atoms with Crippen molar-refractivity contribution >= 4 is 5.78 Å². The fourth-order valence-corrected chi connectivity index (χ4v) is 1.67. The predicted octanol–water partition coefficient (Wildman–Crippen LogP) is 1.89. The highest BCUT2D eigenvalue weighted by Crippen LogP contribution is 2.32. The van der Waals surface area contributed by atoms with E-state index in [9.17, 15) is 9.18 Å². The van der Waals surface area contributed by atoms with Gasteiger partial charge < -0.3 is 5.73 Å². The lowest BCUT2D eigenvalue weighted by molar-refractivity contribution is 0.0800. The molecule has 2 rings (SSSR count). The van der Waals surface area contributed by atoms with Gasteiger partial charge in [-0.05, 0) is 43.5 Å². The van der Waals surface area contributed by atoms with Crippen LogP contribution in [0.25, 0.3) is 0 Å². The van der Waals surface area contributed by atoms with Gasteiger partial charge >= 0.3 is 0 Å². The molecule has 1 aliphatic rings. The van der Waals surface area contributed by atoms with Crippen LogP contribution in [-0.2, 0) is 0 Å². The second kappa shape index (κ2) is 3.17. The minimum Gasteiger partial charge on any atom is -0.319 e. The Hall–Kier alpha value is -1.22. The van der Waals surface area contributed by atoms with Crippen LogP contribution in [-0.4, -0.2) is 11.3 Å². The summed E-state index contributed by atoms with van der Waals surface area (Å²) in [6.07, 6.45) is 2.48. The largest absolute Gasteiger partial charge is 0.319 e. The summed E-state index contributed by atoms with van der Waals surface area (Å²) < 4.78 is 12.6. The van der Waals surface area contributed by atoms with Gasteiger partial charge in [0.05, 0.1) is 5.54 Å². The molecule has 0 radical (unpaired) electrons. The van der Waals surface area contributed by atoms with E-state index in [1.165, 1.54) is 24.3 Å². The van der Waals surface area contributed by atoms with Gasteiger partial charge in [-0.3, -0.25) is 4.79 Å². The van der Waals surface area contributed by atoms with Gasteiger partial charge in [0.25, 0.3) is 0 Å². The summed E-state index contributed by atoms with van der Waals surface area (Å²) in [6, 6.07) is 5.56. The molecule has 74 valence electrons. The van der Waals surface area contributed by atoms with Gasteiger partial charge in [-0.1, -0.05) is 0 Å². The van der Waals surface area contributed by atoms with Crippen LogP contribution in [0.1, 0.15) is 29.6 Å². The molecule has 1 aromatic rings. The van der Waals surface area contributed by atoms with Crippen LogP contribution < -0.4 is 5.73 Å². The molecule has 0 heterocycles. The number of hydrogen-bond acceptors (Lipinski definition) is 2. The van der Waals surface area contributed by atoms with Gasteiger partial charge in [0.1, 0.15) is 5.82 Å². The molecule has 1 aromatic carbocycles. The minimum absolute atomic E-state index is 0.0660. The number of carbonyl (C=O) groups is 1.